The number of nitrogens with two attached hydrogens (primary N) is 4. The number of carboxylic acid groups (broad SMARTS) is 3. The molecule has 0 aromatic heterocycles. The summed E-state index contributed by atoms with van der Waals surface area (Å²) in [6, 6.07) is -2.11. The number of rotatable bonds is 11. The van der Waals surface area contributed by atoms with Gasteiger partial charge in [0.15, 0.2) is 0 Å². The highest BCUT2D eigenvalue weighted by Gasteiger charge is 2.12. The lowest BCUT2D eigenvalue weighted by atomic mass is 10.1. The van der Waals surface area contributed by atoms with Crippen molar-refractivity contribution >= 4 is 29.7 Å². The van der Waals surface area contributed by atoms with Crippen LogP contribution in [0.4, 0.5) is 0 Å². The van der Waals surface area contributed by atoms with E-state index in [1.165, 1.54) is 0 Å². The normalized spacial score (nSPS) is 12.6. The molecule has 0 heterocycles. The fourth-order valence-electron chi connectivity index (χ4n) is 1.44. The Labute approximate surface area is 177 Å². The number of hydrogen-bond acceptors (Lipinski definition) is 9. The molecule has 0 fully saturated rings. The van der Waals surface area contributed by atoms with Gasteiger partial charge >= 0.3 is 17.9 Å². The van der Waals surface area contributed by atoms with Crippen molar-refractivity contribution in [3.05, 3.63) is 0 Å². The highest BCUT2D eigenvalue weighted by Crippen LogP contribution is 2.01. The van der Waals surface area contributed by atoms with E-state index in [2.05, 4.69) is 0 Å². The number of aliphatic hydroxyl groups excluding tert-OH is 1. The van der Waals surface area contributed by atoms with E-state index in [9.17, 15) is 14.4 Å². The van der Waals surface area contributed by atoms with Crippen LogP contribution in [0, 0.1) is 5.92 Å². The zero-order valence-electron chi connectivity index (χ0n) is 17.8. The van der Waals surface area contributed by atoms with E-state index in [0.717, 1.165) is 12.9 Å². The van der Waals surface area contributed by atoms with Crippen molar-refractivity contribution in [1.82, 2.24) is 0 Å². The summed E-state index contributed by atoms with van der Waals surface area (Å²) in [6.45, 7) is 4.40. The van der Waals surface area contributed by atoms with E-state index in [0.29, 0.717) is 38.1 Å². The molecular weight excluding hydrogens is 404 g/mol. The van der Waals surface area contributed by atoms with Crippen molar-refractivity contribution in [2.24, 2.45) is 28.9 Å². The highest BCUT2D eigenvalue weighted by atomic mass is 32.2. The van der Waals surface area contributed by atoms with Crippen LogP contribution < -0.4 is 22.9 Å². The van der Waals surface area contributed by atoms with Crippen molar-refractivity contribution in [2.45, 2.75) is 57.7 Å². The molecule has 0 spiro atoms. The van der Waals surface area contributed by atoms with Gasteiger partial charge in [-0.2, -0.15) is 11.8 Å². The second-order valence-corrected chi connectivity index (χ2v) is 7.16. The Morgan fingerprint density at radius 3 is 1.45 bits per heavy atom. The summed E-state index contributed by atoms with van der Waals surface area (Å²) in [5.41, 5.74) is 20.7. The molecule has 11 nitrogen and oxygen atoms in total. The minimum atomic E-state index is -0.955. The molecule has 12 heteroatoms. The van der Waals surface area contributed by atoms with Gasteiger partial charge < -0.3 is 43.4 Å². The first kappa shape index (κ1) is 35.0. The fourth-order valence-corrected chi connectivity index (χ4v) is 1.93. The lowest BCUT2D eigenvalue weighted by Crippen LogP contribution is -2.31. The molecule has 0 bridgehead atoms. The molecule has 3 atom stereocenters. The molecule has 0 amide bonds. The van der Waals surface area contributed by atoms with E-state index in [-0.39, 0.29) is 0 Å². The Morgan fingerprint density at radius 2 is 1.21 bits per heavy atom. The zero-order valence-corrected chi connectivity index (χ0v) is 18.6. The standard InChI is InChI=1S/C6H13NO2.C5H12N2O2.C5H11NO2S.CH4O/c1-4(2)3-5(7)6(8)9;6-3-1-2-4(7)5(8)9;1-9-3-2-4(6)5(7)8;1-2/h4-5H,3,7H2,1-2H3,(H,8,9);4H,1-3,6-7H2,(H,8,9);4H,2-3,6H2,1H3,(H,7,8);2H,1H3. The smallest absolute Gasteiger partial charge is 0.320 e. The number of aliphatic carboxylic acids is 3. The summed E-state index contributed by atoms with van der Waals surface area (Å²) in [7, 11) is 1.00. The van der Waals surface area contributed by atoms with E-state index >= 15 is 0 Å². The Hall–Kier alpha value is -1.44. The molecule has 0 saturated carbocycles. The third kappa shape index (κ3) is 31.5. The van der Waals surface area contributed by atoms with Gasteiger partial charge in [0.2, 0.25) is 0 Å². The van der Waals surface area contributed by atoms with Crippen LogP contribution in [0.15, 0.2) is 0 Å². The van der Waals surface area contributed by atoms with Gasteiger partial charge in [0.05, 0.1) is 0 Å². The Morgan fingerprint density at radius 1 is 0.828 bits per heavy atom. The largest absolute Gasteiger partial charge is 0.480 e. The van der Waals surface area contributed by atoms with Crippen LogP contribution in [-0.4, -0.2) is 82.1 Å². The molecule has 29 heavy (non-hydrogen) atoms. The molecule has 0 aromatic rings. The maximum absolute atomic E-state index is 10.1. The quantitative estimate of drug-likeness (QED) is 0.198. The second-order valence-electron chi connectivity index (χ2n) is 6.18. The van der Waals surface area contributed by atoms with Gasteiger partial charge in [-0.15, -0.1) is 0 Å². The van der Waals surface area contributed by atoms with E-state index in [1.807, 2.05) is 20.1 Å². The molecular formula is C17H40N4O7S. The van der Waals surface area contributed by atoms with Crippen LogP contribution in [0.2, 0.25) is 0 Å². The first-order valence-electron chi connectivity index (χ1n) is 8.99. The molecule has 0 saturated heterocycles. The average molecular weight is 445 g/mol. The van der Waals surface area contributed by atoms with Gasteiger partial charge in [-0.05, 0) is 50.2 Å². The maximum atomic E-state index is 10.1. The molecule has 0 aliphatic rings. The van der Waals surface area contributed by atoms with Gasteiger partial charge in [-0.1, -0.05) is 13.8 Å². The van der Waals surface area contributed by atoms with Crippen LogP contribution in [0.5, 0.6) is 0 Å². The summed E-state index contributed by atoms with van der Waals surface area (Å²) in [6.07, 6.45) is 4.17. The first-order valence-corrected chi connectivity index (χ1v) is 10.4. The maximum Gasteiger partial charge on any atom is 0.320 e. The molecule has 176 valence electrons. The topological polar surface area (TPSA) is 236 Å². The van der Waals surface area contributed by atoms with Crippen molar-refractivity contribution in [3.63, 3.8) is 0 Å². The van der Waals surface area contributed by atoms with Crippen molar-refractivity contribution in [2.75, 3.05) is 25.7 Å². The number of thioether (sulfide) groups is 1. The molecule has 0 rings (SSSR count). The lowest BCUT2D eigenvalue weighted by molar-refractivity contribution is -0.139. The molecule has 0 aromatic carbocycles. The van der Waals surface area contributed by atoms with Crippen molar-refractivity contribution < 1.29 is 34.8 Å². The van der Waals surface area contributed by atoms with Crippen LogP contribution in [0.25, 0.3) is 0 Å². The minimum Gasteiger partial charge on any atom is -0.480 e. The third-order valence-corrected chi connectivity index (χ3v) is 3.67. The van der Waals surface area contributed by atoms with Crippen LogP contribution in [0.3, 0.4) is 0 Å². The summed E-state index contributed by atoms with van der Waals surface area (Å²) in [5, 5.41) is 31.8. The average Bonchev–Trinajstić information content (AvgIpc) is 2.65. The minimum absolute atomic E-state index is 0.357. The Balaban J connectivity index is -0.000000155. The lowest BCUT2D eigenvalue weighted by Gasteiger charge is -2.07. The van der Waals surface area contributed by atoms with Crippen molar-refractivity contribution in [3.8, 4) is 0 Å². The number of aliphatic hydroxyl groups is 1. The van der Waals surface area contributed by atoms with Gasteiger partial charge in [-0.3, -0.25) is 14.4 Å². The summed E-state index contributed by atoms with van der Waals surface area (Å²) in [5.74, 6) is -1.61. The monoisotopic (exact) mass is 444 g/mol. The molecule has 0 aliphatic carbocycles. The first-order chi connectivity index (χ1) is 13.4. The summed E-state index contributed by atoms with van der Waals surface area (Å²) < 4.78 is 0. The molecule has 0 radical (unpaired) electrons. The van der Waals surface area contributed by atoms with Gasteiger partial charge in [0, 0.05) is 7.11 Å². The van der Waals surface area contributed by atoms with Gasteiger partial charge in [0.1, 0.15) is 18.1 Å². The molecule has 12 N–H and O–H groups in total. The van der Waals surface area contributed by atoms with E-state index < -0.39 is 36.0 Å². The summed E-state index contributed by atoms with van der Waals surface area (Å²) >= 11 is 1.60. The van der Waals surface area contributed by atoms with Crippen molar-refractivity contribution in [1.29, 1.82) is 0 Å². The molecule has 0 aliphatic heterocycles. The number of carbonyl (C=O) groups is 3. The third-order valence-electron chi connectivity index (χ3n) is 3.03. The van der Waals surface area contributed by atoms with Gasteiger partial charge in [-0.25, -0.2) is 0 Å². The summed E-state index contributed by atoms with van der Waals surface area (Å²) in [4.78, 5) is 30.2. The predicted octanol–water partition coefficient (Wildman–Crippen LogP) is -0.658. The Bertz CT molecular complexity index is 391. The predicted molar refractivity (Wildman–Crippen MR) is 116 cm³/mol. The van der Waals surface area contributed by atoms with Crippen LogP contribution >= 0.6 is 11.8 Å². The van der Waals surface area contributed by atoms with E-state index in [1.54, 1.807) is 11.8 Å². The van der Waals surface area contributed by atoms with Crippen LogP contribution in [0.1, 0.15) is 39.5 Å². The fraction of sp³-hybridized carbons (Fsp3) is 0.824. The van der Waals surface area contributed by atoms with E-state index in [4.69, 9.17) is 43.4 Å². The number of hydrogen-bond donors (Lipinski definition) is 8. The second kappa shape index (κ2) is 24.6. The zero-order chi connectivity index (χ0) is 24.0. The Kier molecular flexibility index (Phi) is 29.7. The highest BCUT2D eigenvalue weighted by molar-refractivity contribution is 7.98. The SMILES string of the molecule is CC(C)CC(N)C(=O)O.CO.CSCCC(N)C(=O)O.NCCCC(N)C(=O)O. The number of carboxylic acids is 3. The van der Waals surface area contributed by atoms with Gasteiger partial charge in [0.25, 0.3) is 0 Å². The van der Waals surface area contributed by atoms with Crippen LogP contribution in [-0.2, 0) is 14.4 Å². The molecule has 3 unspecified atom stereocenters.